The van der Waals surface area contributed by atoms with Gasteiger partial charge in [0.05, 0.1) is 16.9 Å². The quantitative estimate of drug-likeness (QED) is 0.128. The Labute approximate surface area is 456 Å². The lowest BCUT2D eigenvalue weighted by Gasteiger charge is -2.29. The molecule has 1 aromatic heterocycles. The SMILES string of the molecule is CC1(C)c2cc(-c3ccc(N(c4ccc(-c5ccccc5)cc4)c4ccc(N(c5ccccc5)c5ccccc5)cc4)c4ccccc34)ccc2-c2cc3c(-c4ccccc4)c(-c4ccccc4)n(-c4ccccc4)c3cc21. The normalized spacial score (nSPS) is 12.3. The number of nitrogens with zero attached hydrogens (tertiary/aromatic N) is 3. The van der Waals surface area contributed by atoms with Gasteiger partial charge in [0.15, 0.2) is 0 Å². The Morgan fingerprint density at radius 2 is 0.731 bits per heavy atom. The number of para-hydroxylation sites is 3. The molecular weight excluding hydrogens is 943 g/mol. The van der Waals surface area contributed by atoms with E-state index >= 15 is 0 Å². The number of fused-ring (bicyclic) bond motifs is 5. The standard InChI is InChI=1S/C75H55N3/c1-75(2)69-49-56(39-46-65(69)67-50-68-72(51-70(67)75)78(59-33-19-8-20-34-59)74(55-27-13-5-14-28-55)73(68)54-25-11-4-12-26-54)63-47-48-71(66-36-22-21-35-64(63)66)77(61-40-37-53(38-41-61)52-23-9-3-10-24-52)62-44-42-60(43-45-62)76(57-29-15-6-16-30-57)58-31-17-7-18-32-58/h3-51H,1-2H3. The number of hydrogen-bond donors (Lipinski definition) is 0. The third-order valence-corrected chi connectivity index (χ3v) is 16.0. The fourth-order valence-corrected chi connectivity index (χ4v) is 12.2. The highest BCUT2D eigenvalue weighted by Crippen LogP contribution is 2.54. The molecule has 13 aromatic rings. The van der Waals surface area contributed by atoms with Crippen molar-refractivity contribution in [2.75, 3.05) is 9.80 Å². The molecule has 1 aliphatic carbocycles. The van der Waals surface area contributed by atoms with E-state index in [1.165, 1.54) is 88.6 Å². The van der Waals surface area contributed by atoms with E-state index in [4.69, 9.17) is 0 Å². The highest BCUT2D eigenvalue weighted by molar-refractivity contribution is 6.10. The summed E-state index contributed by atoms with van der Waals surface area (Å²) < 4.78 is 2.49. The first-order valence-corrected chi connectivity index (χ1v) is 27.0. The predicted molar refractivity (Wildman–Crippen MR) is 329 cm³/mol. The Morgan fingerprint density at radius 3 is 1.33 bits per heavy atom. The maximum absolute atomic E-state index is 2.49. The van der Waals surface area contributed by atoms with E-state index in [1.807, 2.05) is 0 Å². The van der Waals surface area contributed by atoms with E-state index in [-0.39, 0.29) is 5.41 Å². The number of rotatable bonds is 11. The van der Waals surface area contributed by atoms with Crippen LogP contribution in [0.1, 0.15) is 25.0 Å². The minimum atomic E-state index is -0.276. The van der Waals surface area contributed by atoms with Crippen LogP contribution in [-0.2, 0) is 5.41 Å². The Kier molecular flexibility index (Phi) is 11.5. The van der Waals surface area contributed by atoms with Crippen LogP contribution in [0, 0.1) is 0 Å². The zero-order valence-electron chi connectivity index (χ0n) is 43.6. The van der Waals surface area contributed by atoms with E-state index in [0.717, 1.165) is 39.8 Å². The van der Waals surface area contributed by atoms with Crippen LogP contribution in [0.25, 0.3) is 83.1 Å². The smallest absolute Gasteiger partial charge is 0.0619 e. The molecule has 0 amide bonds. The van der Waals surface area contributed by atoms with Crippen LogP contribution < -0.4 is 9.80 Å². The number of hydrogen-bond acceptors (Lipinski definition) is 2. The second-order valence-electron chi connectivity index (χ2n) is 20.9. The van der Waals surface area contributed by atoms with Crippen molar-refractivity contribution in [1.29, 1.82) is 0 Å². The largest absolute Gasteiger partial charge is 0.311 e. The summed E-state index contributed by atoms with van der Waals surface area (Å²) in [6.45, 7) is 4.82. The van der Waals surface area contributed by atoms with Gasteiger partial charge >= 0.3 is 0 Å². The fourth-order valence-electron chi connectivity index (χ4n) is 12.2. The van der Waals surface area contributed by atoms with E-state index in [2.05, 4.69) is 325 Å². The van der Waals surface area contributed by atoms with E-state index in [0.29, 0.717) is 0 Å². The second kappa shape index (κ2) is 19.3. The topological polar surface area (TPSA) is 11.4 Å². The molecule has 0 radical (unpaired) electrons. The van der Waals surface area contributed by atoms with E-state index in [1.54, 1.807) is 0 Å². The summed E-state index contributed by atoms with van der Waals surface area (Å²) in [5.74, 6) is 0. The van der Waals surface area contributed by atoms with Crippen molar-refractivity contribution in [1.82, 2.24) is 4.57 Å². The monoisotopic (exact) mass is 997 g/mol. The zero-order valence-corrected chi connectivity index (χ0v) is 43.6. The second-order valence-corrected chi connectivity index (χ2v) is 20.9. The van der Waals surface area contributed by atoms with Gasteiger partial charge in [0.25, 0.3) is 0 Å². The summed E-state index contributed by atoms with van der Waals surface area (Å²) in [6.07, 6.45) is 0. The first kappa shape index (κ1) is 46.6. The molecule has 0 unspecified atom stereocenters. The summed E-state index contributed by atoms with van der Waals surface area (Å²) in [7, 11) is 0. The van der Waals surface area contributed by atoms with Crippen LogP contribution in [-0.4, -0.2) is 4.57 Å². The van der Waals surface area contributed by atoms with Crippen LogP contribution in [0.15, 0.2) is 297 Å². The molecule has 0 fully saturated rings. The van der Waals surface area contributed by atoms with E-state index < -0.39 is 0 Å². The van der Waals surface area contributed by atoms with Crippen molar-refractivity contribution in [3.8, 4) is 61.5 Å². The van der Waals surface area contributed by atoms with Crippen molar-refractivity contribution in [2.45, 2.75) is 19.3 Å². The van der Waals surface area contributed by atoms with Crippen molar-refractivity contribution in [3.05, 3.63) is 308 Å². The van der Waals surface area contributed by atoms with Gasteiger partial charge < -0.3 is 14.4 Å². The van der Waals surface area contributed by atoms with Gasteiger partial charge in [-0.15, -0.1) is 0 Å². The lowest BCUT2D eigenvalue weighted by molar-refractivity contribution is 0.661. The average Bonchev–Trinajstić information content (AvgIpc) is 4.19. The Morgan fingerprint density at radius 1 is 0.295 bits per heavy atom. The summed E-state index contributed by atoms with van der Waals surface area (Å²) in [6, 6.07) is 108. The van der Waals surface area contributed by atoms with Crippen molar-refractivity contribution >= 4 is 55.8 Å². The molecule has 12 aromatic carbocycles. The highest BCUT2D eigenvalue weighted by Gasteiger charge is 2.37. The Bertz CT molecular complexity index is 4240. The van der Waals surface area contributed by atoms with Crippen molar-refractivity contribution < 1.29 is 0 Å². The molecule has 0 saturated heterocycles. The molecular formula is C75H55N3. The van der Waals surface area contributed by atoms with Crippen LogP contribution in [0.4, 0.5) is 34.1 Å². The number of aromatic nitrogens is 1. The molecule has 0 atom stereocenters. The lowest BCUT2D eigenvalue weighted by Crippen LogP contribution is -2.15. The van der Waals surface area contributed by atoms with Crippen LogP contribution >= 0.6 is 0 Å². The molecule has 0 saturated carbocycles. The minimum Gasteiger partial charge on any atom is -0.311 e. The van der Waals surface area contributed by atoms with Crippen molar-refractivity contribution in [2.24, 2.45) is 0 Å². The molecule has 14 rings (SSSR count). The summed E-state index contributed by atoms with van der Waals surface area (Å²) in [5, 5.41) is 3.63. The maximum Gasteiger partial charge on any atom is 0.0619 e. The number of benzene rings is 12. The molecule has 3 nitrogen and oxygen atoms in total. The van der Waals surface area contributed by atoms with Gasteiger partial charge in [-0.05, 0) is 158 Å². The summed E-state index contributed by atoms with van der Waals surface area (Å²) in [5.41, 5.74) is 23.5. The average molecular weight is 998 g/mol. The Hall–Kier alpha value is -9.96. The van der Waals surface area contributed by atoms with Gasteiger partial charge in [0.2, 0.25) is 0 Å². The molecule has 370 valence electrons. The maximum atomic E-state index is 2.49. The third-order valence-electron chi connectivity index (χ3n) is 16.0. The van der Waals surface area contributed by atoms with Crippen LogP contribution in [0.3, 0.4) is 0 Å². The lowest BCUT2D eigenvalue weighted by atomic mass is 9.81. The predicted octanol–water partition coefficient (Wildman–Crippen LogP) is 20.7. The number of anilines is 6. The molecule has 1 heterocycles. The summed E-state index contributed by atoms with van der Waals surface area (Å²) in [4.78, 5) is 4.73. The molecule has 0 N–H and O–H groups in total. The minimum absolute atomic E-state index is 0.276. The highest BCUT2D eigenvalue weighted by atomic mass is 15.2. The van der Waals surface area contributed by atoms with Gasteiger partial charge in [0.1, 0.15) is 0 Å². The molecule has 0 bridgehead atoms. The molecule has 78 heavy (non-hydrogen) atoms. The van der Waals surface area contributed by atoms with Crippen molar-refractivity contribution in [3.63, 3.8) is 0 Å². The third kappa shape index (κ3) is 7.99. The summed E-state index contributed by atoms with van der Waals surface area (Å²) >= 11 is 0. The van der Waals surface area contributed by atoms with Gasteiger partial charge in [-0.1, -0.05) is 214 Å². The molecule has 0 spiro atoms. The van der Waals surface area contributed by atoms with E-state index in [9.17, 15) is 0 Å². The van der Waals surface area contributed by atoms with Gasteiger partial charge in [-0.2, -0.15) is 0 Å². The first-order chi connectivity index (χ1) is 38.5. The van der Waals surface area contributed by atoms with Crippen LogP contribution in [0.2, 0.25) is 0 Å². The Balaban J connectivity index is 0.900. The van der Waals surface area contributed by atoms with Crippen LogP contribution in [0.5, 0.6) is 0 Å². The molecule has 0 aliphatic heterocycles. The van der Waals surface area contributed by atoms with Gasteiger partial charge in [-0.25, -0.2) is 0 Å². The first-order valence-electron chi connectivity index (χ1n) is 27.0. The fraction of sp³-hybridized carbons (Fsp3) is 0.0400. The molecule has 1 aliphatic rings. The van der Waals surface area contributed by atoms with Gasteiger partial charge in [-0.3, -0.25) is 0 Å². The zero-order chi connectivity index (χ0) is 52.2. The molecule has 3 heteroatoms. The van der Waals surface area contributed by atoms with Gasteiger partial charge in [0, 0.05) is 55.9 Å².